The van der Waals surface area contributed by atoms with Gasteiger partial charge in [0.1, 0.15) is 5.60 Å². The summed E-state index contributed by atoms with van der Waals surface area (Å²) in [6.45, 7) is 4.36. The minimum absolute atomic E-state index is 0.194. The first-order chi connectivity index (χ1) is 12.2. The van der Waals surface area contributed by atoms with Gasteiger partial charge in [0.25, 0.3) is 0 Å². The van der Waals surface area contributed by atoms with E-state index in [9.17, 15) is 5.11 Å². The second kappa shape index (κ2) is 8.61. The monoisotopic (exact) mass is 338 g/mol. The largest absolute Gasteiger partial charge is 0.396 e. The van der Waals surface area contributed by atoms with Crippen molar-refractivity contribution in [2.45, 2.75) is 31.3 Å². The van der Waals surface area contributed by atoms with Crippen LogP contribution >= 0.6 is 0 Å². The first kappa shape index (κ1) is 18.1. The van der Waals surface area contributed by atoms with Crippen LogP contribution in [0, 0.1) is 12.5 Å². The Morgan fingerprint density at radius 2 is 1.44 bits per heavy atom. The van der Waals surface area contributed by atoms with E-state index in [1.807, 2.05) is 60.7 Å². The zero-order valence-corrected chi connectivity index (χ0v) is 14.7. The van der Waals surface area contributed by atoms with Crippen LogP contribution in [0.2, 0.25) is 0 Å². The Hall–Kier alpha value is -1.68. The van der Waals surface area contributed by atoms with Crippen LogP contribution in [0.3, 0.4) is 0 Å². The quantitative estimate of drug-likeness (QED) is 0.759. The summed E-state index contributed by atoms with van der Waals surface area (Å²) >= 11 is 0. The van der Waals surface area contributed by atoms with Gasteiger partial charge in [-0.25, -0.2) is 0 Å². The van der Waals surface area contributed by atoms with Crippen molar-refractivity contribution < 1.29 is 10.2 Å². The zero-order valence-electron chi connectivity index (χ0n) is 14.7. The third-order valence-corrected chi connectivity index (χ3v) is 5.30. The van der Waals surface area contributed by atoms with Crippen molar-refractivity contribution in [1.29, 1.82) is 0 Å². The maximum atomic E-state index is 11.8. The third-order valence-electron chi connectivity index (χ3n) is 5.30. The topological polar surface area (TPSA) is 43.7 Å². The minimum atomic E-state index is -0.945. The molecule has 0 atom stereocenters. The van der Waals surface area contributed by atoms with Gasteiger partial charge in [-0.15, -0.1) is 0 Å². The molecule has 3 rings (SSSR count). The van der Waals surface area contributed by atoms with Crippen molar-refractivity contribution in [2.24, 2.45) is 5.92 Å². The normalized spacial score (nSPS) is 16.9. The van der Waals surface area contributed by atoms with Gasteiger partial charge >= 0.3 is 0 Å². The van der Waals surface area contributed by atoms with Crippen molar-refractivity contribution in [3.63, 3.8) is 0 Å². The van der Waals surface area contributed by atoms with E-state index in [1.54, 1.807) is 0 Å². The van der Waals surface area contributed by atoms with Crippen LogP contribution in [-0.2, 0) is 5.60 Å². The maximum Gasteiger partial charge on any atom is 0.117 e. The van der Waals surface area contributed by atoms with E-state index in [0.29, 0.717) is 0 Å². The highest BCUT2D eigenvalue weighted by molar-refractivity contribution is 5.37. The first-order valence-electron chi connectivity index (χ1n) is 9.27. The molecule has 1 fully saturated rings. The zero-order chi connectivity index (χ0) is 17.5. The Balaban J connectivity index is 1.78. The van der Waals surface area contributed by atoms with E-state index >= 15 is 0 Å². The molecule has 0 aliphatic carbocycles. The molecule has 1 aliphatic heterocycles. The molecule has 0 amide bonds. The van der Waals surface area contributed by atoms with Crippen LogP contribution in [0.4, 0.5) is 0 Å². The van der Waals surface area contributed by atoms with Gasteiger partial charge in [-0.3, -0.25) is 4.90 Å². The van der Waals surface area contributed by atoms with E-state index in [0.717, 1.165) is 49.9 Å². The molecule has 0 spiro atoms. The molecule has 2 aromatic carbocycles. The predicted octanol–water partition coefficient (Wildman–Crippen LogP) is 3.57. The molecule has 0 unspecified atom stereocenters. The number of piperidine rings is 1. The Morgan fingerprint density at radius 3 is 1.92 bits per heavy atom. The molecule has 1 saturated heterocycles. The molecule has 1 heterocycles. The average molecular weight is 338 g/mol. The van der Waals surface area contributed by atoms with Crippen LogP contribution in [0.1, 0.15) is 36.8 Å². The van der Waals surface area contributed by atoms with Gasteiger partial charge in [0.15, 0.2) is 0 Å². The van der Waals surface area contributed by atoms with Crippen molar-refractivity contribution in [2.75, 3.05) is 19.7 Å². The number of unbranched alkanes of at least 4 members (excludes halogenated alkanes) is 1. The van der Waals surface area contributed by atoms with Crippen molar-refractivity contribution in [1.82, 2.24) is 4.90 Å². The summed E-state index contributed by atoms with van der Waals surface area (Å²) in [6.07, 6.45) is 3.65. The van der Waals surface area contributed by atoms with Crippen LogP contribution in [0.15, 0.2) is 60.7 Å². The Morgan fingerprint density at radius 1 is 0.920 bits per heavy atom. The summed E-state index contributed by atoms with van der Waals surface area (Å²) in [6, 6.07) is 20.1. The maximum absolute atomic E-state index is 11.8. The lowest BCUT2D eigenvalue weighted by Crippen LogP contribution is -2.43. The van der Waals surface area contributed by atoms with Gasteiger partial charge in [0.05, 0.1) is 0 Å². The fraction of sp³-hybridized carbons (Fsp3) is 0.409. The van der Waals surface area contributed by atoms with Crippen LogP contribution in [0.5, 0.6) is 0 Å². The number of hydrogen-bond donors (Lipinski definition) is 2. The summed E-state index contributed by atoms with van der Waals surface area (Å²) in [5.74, 6) is 0.194. The molecule has 3 nitrogen and oxygen atoms in total. The van der Waals surface area contributed by atoms with Crippen LogP contribution in [-0.4, -0.2) is 34.8 Å². The second-order valence-electron chi connectivity index (χ2n) is 6.86. The van der Waals surface area contributed by atoms with Gasteiger partial charge in [-0.05, 0) is 55.8 Å². The molecule has 3 heteroatoms. The highest BCUT2D eigenvalue weighted by Crippen LogP contribution is 2.42. The number of nitrogens with zero attached hydrogens (tertiary/aromatic N) is 1. The van der Waals surface area contributed by atoms with Gasteiger partial charge in [0, 0.05) is 13.2 Å². The molecule has 2 aromatic rings. The molecule has 133 valence electrons. The molecule has 1 radical (unpaired) electrons. The van der Waals surface area contributed by atoms with E-state index in [-0.39, 0.29) is 12.5 Å². The van der Waals surface area contributed by atoms with Gasteiger partial charge < -0.3 is 10.2 Å². The number of aliphatic hydroxyl groups is 2. The highest BCUT2D eigenvalue weighted by atomic mass is 16.3. The SMILES string of the molecule is OCCC[CH]N1CCC(C(O)(c2ccccc2)c2ccccc2)CC1. The molecular weight excluding hydrogens is 310 g/mol. The summed E-state index contributed by atoms with van der Waals surface area (Å²) in [7, 11) is 0. The lowest BCUT2D eigenvalue weighted by molar-refractivity contribution is -0.0110. The molecule has 2 N–H and O–H groups in total. The number of hydrogen-bond acceptors (Lipinski definition) is 3. The predicted molar refractivity (Wildman–Crippen MR) is 101 cm³/mol. The minimum Gasteiger partial charge on any atom is -0.396 e. The summed E-state index contributed by atoms with van der Waals surface area (Å²) in [5.41, 5.74) is 1.01. The highest BCUT2D eigenvalue weighted by Gasteiger charge is 2.41. The third kappa shape index (κ3) is 4.12. The summed E-state index contributed by atoms with van der Waals surface area (Å²) < 4.78 is 0. The van der Waals surface area contributed by atoms with Gasteiger partial charge in [-0.1, -0.05) is 60.7 Å². The molecule has 0 bridgehead atoms. The number of rotatable bonds is 7. The first-order valence-corrected chi connectivity index (χ1v) is 9.27. The Labute approximate surface area is 150 Å². The van der Waals surface area contributed by atoms with E-state index in [1.165, 1.54) is 0 Å². The average Bonchev–Trinajstić information content (AvgIpc) is 2.69. The Kier molecular flexibility index (Phi) is 6.24. The molecule has 25 heavy (non-hydrogen) atoms. The van der Waals surface area contributed by atoms with Crippen molar-refractivity contribution in [3.8, 4) is 0 Å². The fourth-order valence-electron chi connectivity index (χ4n) is 3.89. The standard InChI is InChI=1S/C22H28NO2/c24-18-8-7-15-23-16-13-21(14-17-23)22(25,19-9-3-1-4-10-19)20-11-5-2-6-12-20/h1-6,9-12,15,21,24-25H,7-8,13-14,16-18H2. The molecule has 1 aliphatic rings. The van der Waals surface area contributed by atoms with E-state index in [4.69, 9.17) is 5.11 Å². The number of aliphatic hydroxyl groups excluding tert-OH is 1. The summed E-state index contributed by atoms with van der Waals surface area (Å²) in [4.78, 5) is 2.34. The molecule has 0 aromatic heterocycles. The fourth-order valence-corrected chi connectivity index (χ4v) is 3.89. The lowest BCUT2D eigenvalue weighted by atomic mass is 9.72. The van der Waals surface area contributed by atoms with E-state index in [2.05, 4.69) is 11.4 Å². The van der Waals surface area contributed by atoms with Crippen molar-refractivity contribution in [3.05, 3.63) is 78.3 Å². The van der Waals surface area contributed by atoms with Gasteiger partial charge in [-0.2, -0.15) is 0 Å². The number of likely N-dealkylation sites (tertiary alicyclic amines) is 1. The van der Waals surface area contributed by atoms with E-state index < -0.39 is 5.60 Å². The molecule has 0 saturated carbocycles. The lowest BCUT2D eigenvalue weighted by Gasteiger charge is -2.42. The smallest absolute Gasteiger partial charge is 0.117 e. The van der Waals surface area contributed by atoms with Gasteiger partial charge in [0.2, 0.25) is 0 Å². The van der Waals surface area contributed by atoms with Crippen LogP contribution in [0.25, 0.3) is 0 Å². The van der Waals surface area contributed by atoms with Crippen molar-refractivity contribution >= 4 is 0 Å². The number of benzene rings is 2. The summed E-state index contributed by atoms with van der Waals surface area (Å²) in [5, 5.41) is 20.7. The molecular formula is C22H28NO2. The Bertz CT molecular complexity index is 581. The second-order valence-corrected chi connectivity index (χ2v) is 6.86. The van der Waals surface area contributed by atoms with Crippen LogP contribution < -0.4 is 0 Å².